The normalized spacial score (nSPS) is 19.4. The fourth-order valence-corrected chi connectivity index (χ4v) is 7.87. The van der Waals surface area contributed by atoms with Crippen molar-refractivity contribution in [2.24, 2.45) is 0 Å². The predicted octanol–water partition coefficient (Wildman–Crippen LogP) is 7.18. The van der Waals surface area contributed by atoms with Crippen molar-refractivity contribution in [1.29, 1.82) is 0 Å². The Bertz CT molecular complexity index is 2060. The predicted molar refractivity (Wildman–Crippen MR) is 220 cm³/mol. The first-order valence-electron chi connectivity index (χ1n) is 21.3. The monoisotopic (exact) mass is 1010 g/mol. The number of rotatable bonds is 9. The molecule has 4 fully saturated rings. The van der Waals surface area contributed by atoms with Crippen LogP contribution in [0.25, 0.3) is 0 Å². The molecule has 0 saturated carbocycles. The van der Waals surface area contributed by atoms with Gasteiger partial charge in [-0.05, 0) is 74.4 Å². The maximum absolute atomic E-state index is 12.7. The van der Waals surface area contributed by atoms with Crippen LogP contribution >= 0.6 is 0 Å². The van der Waals surface area contributed by atoms with Gasteiger partial charge in [-0.15, -0.1) is 0 Å². The van der Waals surface area contributed by atoms with Gasteiger partial charge in [-0.3, -0.25) is 9.69 Å². The van der Waals surface area contributed by atoms with E-state index in [1.54, 1.807) is 6.07 Å². The van der Waals surface area contributed by atoms with Crippen molar-refractivity contribution in [3.8, 4) is 0 Å². The molecule has 2 atom stereocenters. The van der Waals surface area contributed by atoms with Crippen molar-refractivity contribution < 1.29 is 96.3 Å². The second kappa shape index (κ2) is 23.3. The molecular formula is C42H50F12N6O9. The Morgan fingerprint density at radius 2 is 1.03 bits per heavy atom. The number of ether oxygens (including phenoxy) is 2. The number of aldehydes is 1. The van der Waals surface area contributed by atoms with Crippen molar-refractivity contribution in [1.82, 2.24) is 20.0 Å². The molecule has 2 aromatic rings. The smallest absolute Gasteiger partial charge is 0.434 e. The van der Waals surface area contributed by atoms with Crippen LogP contribution in [0.4, 0.5) is 73.6 Å². The number of carbonyl (C=O) groups is 5. The van der Waals surface area contributed by atoms with E-state index in [1.165, 1.54) is 0 Å². The van der Waals surface area contributed by atoms with Crippen LogP contribution in [0.15, 0.2) is 36.4 Å². The average molecular weight is 1010 g/mol. The van der Waals surface area contributed by atoms with Gasteiger partial charge in [0.25, 0.3) is 12.2 Å². The molecule has 4 saturated heterocycles. The van der Waals surface area contributed by atoms with Crippen molar-refractivity contribution >= 4 is 41.8 Å². The molecule has 4 aliphatic heterocycles. The molecule has 2 amide bonds. The standard InChI is InChI=1S/C21H25F6N3O4.C13H15NO3.C8H10F6N2O2/c1-13-4-5-14(16(11-13)30-6-2-3-15(30)17(31)32)12-28-7-9-29(10-8-28)19(33)34-18(20(22,23)24)21(25,26)27;1-9-4-5-10(8-15)12(7-9)14-6-2-3-11(14)13(16)17;9-7(10,11)5(8(12,13)14)18-6(17)16-3-1-15-2-4-16/h4-5,11,15,18H,2-3,6-10,12H2,1H3,(H,31,32);4-5,7-8,11H,2-3,6H2,1H3,(H,16,17);5,15H,1-4H2. The number of carboxylic acids is 2. The number of benzene rings is 2. The van der Waals surface area contributed by atoms with Crippen LogP contribution in [0, 0.1) is 13.8 Å². The molecule has 4 heterocycles. The molecular weight excluding hydrogens is 960 g/mol. The fourth-order valence-electron chi connectivity index (χ4n) is 7.87. The highest BCUT2D eigenvalue weighted by atomic mass is 19.4. The maximum Gasteiger partial charge on any atom is 0.434 e. The molecule has 0 spiro atoms. The minimum Gasteiger partial charge on any atom is -0.480 e. The molecule has 0 bridgehead atoms. The summed E-state index contributed by atoms with van der Waals surface area (Å²) in [6, 6.07) is 10.0. The fraction of sp³-hybridized carbons (Fsp3) is 0.595. The number of hydrogen-bond acceptors (Lipinski definition) is 11. The number of nitrogens with zero attached hydrogens (tertiary/aromatic N) is 5. The molecule has 15 nitrogen and oxygen atoms in total. The summed E-state index contributed by atoms with van der Waals surface area (Å²) in [4.78, 5) is 64.1. The molecule has 6 rings (SSSR count). The van der Waals surface area contributed by atoms with Gasteiger partial charge in [0.05, 0.1) is 0 Å². The summed E-state index contributed by atoms with van der Waals surface area (Å²) in [7, 11) is 0. The van der Waals surface area contributed by atoms with E-state index in [2.05, 4.69) is 14.8 Å². The quantitative estimate of drug-likeness (QED) is 0.171. The topological polar surface area (TPSA) is 172 Å². The lowest BCUT2D eigenvalue weighted by molar-refractivity contribution is -0.309. The van der Waals surface area contributed by atoms with Gasteiger partial charge in [0.1, 0.15) is 12.1 Å². The number of piperazine rings is 2. The summed E-state index contributed by atoms with van der Waals surface area (Å²) in [5.41, 5.74) is 4.91. The summed E-state index contributed by atoms with van der Waals surface area (Å²) < 4.78 is 156. The number of halogens is 12. The first-order chi connectivity index (χ1) is 32.0. The van der Waals surface area contributed by atoms with E-state index < -0.39 is 73.1 Å². The molecule has 2 aromatic carbocycles. The number of carboxylic acid groups (broad SMARTS) is 2. The Hall–Kier alpha value is -5.73. The van der Waals surface area contributed by atoms with Crippen molar-refractivity contribution in [2.75, 3.05) is 75.2 Å². The maximum atomic E-state index is 12.7. The van der Waals surface area contributed by atoms with E-state index >= 15 is 0 Å². The van der Waals surface area contributed by atoms with Crippen LogP contribution < -0.4 is 15.1 Å². The number of carbonyl (C=O) groups excluding carboxylic acids is 3. The highest BCUT2D eigenvalue weighted by Crippen LogP contribution is 2.38. The molecule has 0 radical (unpaired) electrons. The van der Waals surface area contributed by atoms with Gasteiger partial charge in [0, 0.05) is 88.9 Å². The van der Waals surface area contributed by atoms with Crippen molar-refractivity contribution in [3.63, 3.8) is 0 Å². The van der Waals surface area contributed by atoms with Crippen LogP contribution in [-0.4, -0.2) is 170 Å². The highest BCUT2D eigenvalue weighted by molar-refractivity contribution is 5.88. The average Bonchev–Trinajstić information content (AvgIpc) is 3.96. The van der Waals surface area contributed by atoms with Crippen LogP contribution in [0.2, 0.25) is 0 Å². The summed E-state index contributed by atoms with van der Waals surface area (Å²) in [6.45, 7) is 6.26. The van der Waals surface area contributed by atoms with Gasteiger partial charge in [-0.1, -0.05) is 18.2 Å². The Morgan fingerprint density at radius 3 is 1.45 bits per heavy atom. The molecule has 2 unspecified atom stereocenters. The number of anilines is 2. The minimum absolute atomic E-state index is 0.00126. The highest BCUT2D eigenvalue weighted by Gasteiger charge is 2.61. The first-order valence-corrected chi connectivity index (χ1v) is 21.3. The summed E-state index contributed by atoms with van der Waals surface area (Å²) in [5, 5.41) is 21.5. The van der Waals surface area contributed by atoms with E-state index in [0.29, 0.717) is 38.0 Å². The number of aryl methyl sites for hydroxylation is 2. The minimum atomic E-state index is -5.76. The van der Waals surface area contributed by atoms with Gasteiger partial charge in [-0.25, -0.2) is 19.2 Å². The molecule has 4 aliphatic rings. The van der Waals surface area contributed by atoms with Gasteiger partial charge in [-0.2, -0.15) is 52.7 Å². The van der Waals surface area contributed by atoms with Crippen molar-refractivity contribution in [3.05, 3.63) is 58.7 Å². The van der Waals surface area contributed by atoms with E-state index in [9.17, 15) is 81.8 Å². The lowest BCUT2D eigenvalue weighted by Gasteiger charge is -2.36. The molecule has 0 aromatic heterocycles. The molecule has 386 valence electrons. The molecule has 3 N–H and O–H groups in total. The third-order valence-electron chi connectivity index (χ3n) is 11.3. The first kappa shape index (κ1) is 55.9. The van der Waals surface area contributed by atoms with Crippen LogP contribution in [0.1, 0.15) is 52.7 Å². The second-order valence-electron chi connectivity index (χ2n) is 16.4. The van der Waals surface area contributed by atoms with Crippen LogP contribution in [0.5, 0.6) is 0 Å². The lowest BCUT2D eigenvalue weighted by atomic mass is 10.1. The Labute approximate surface area is 386 Å². The number of alkyl halides is 12. The number of amides is 2. The number of nitrogens with one attached hydrogen (secondary N) is 1. The third kappa shape index (κ3) is 15.6. The van der Waals surface area contributed by atoms with Crippen LogP contribution in [-0.2, 0) is 25.6 Å². The van der Waals surface area contributed by atoms with Gasteiger partial charge >= 0.3 is 48.8 Å². The van der Waals surface area contributed by atoms with E-state index in [1.807, 2.05) is 58.9 Å². The molecule has 69 heavy (non-hydrogen) atoms. The van der Waals surface area contributed by atoms with Gasteiger partial charge < -0.3 is 44.6 Å². The summed E-state index contributed by atoms with van der Waals surface area (Å²) in [5.74, 6) is -1.73. The Morgan fingerprint density at radius 1 is 0.623 bits per heavy atom. The number of aliphatic carboxylic acids is 2. The third-order valence-corrected chi connectivity index (χ3v) is 11.3. The zero-order valence-corrected chi connectivity index (χ0v) is 37.0. The van der Waals surface area contributed by atoms with Gasteiger partial charge in [0.15, 0.2) is 6.29 Å². The summed E-state index contributed by atoms with van der Waals surface area (Å²) in [6.07, 6.45) is -30.9. The van der Waals surface area contributed by atoms with E-state index in [0.717, 1.165) is 57.0 Å². The molecule has 27 heteroatoms. The SMILES string of the molecule is Cc1ccc(C=O)c(N2CCCC2C(=O)O)c1.Cc1ccc(CN2CCN(C(=O)OC(C(F)(F)F)C(F)(F)F)CC2)c(N2CCCC2C(=O)O)c1.O=C(OC(C(F)(F)F)C(F)(F)F)N1CCNCC1. The summed E-state index contributed by atoms with van der Waals surface area (Å²) >= 11 is 0. The van der Waals surface area contributed by atoms with Gasteiger partial charge in [0.2, 0.25) is 0 Å². The largest absolute Gasteiger partial charge is 0.480 e. The lowest BCUT2D eigenvalue weighted by Crippen LogP contribution is -2.52. The van der Waals surface area contributed by atoms with Crippen LogP contribution in [0.3, 0.4) is 0 Å². The number of hydrogen-bond donors (Lipinski definition) is 3. The molecule has 0 aliphatic carbocycles. The zero-order valence-electron chi connectivity index (χ0n) is 37.0. The Kier molecular flexibility index (Phi) is 18.8. The van der Waals surface area contributed by atoms with E-state index in [4.69, 9.17) is 5.11 Å². The zero-order chi connectivity index (χ0) is 51.6. The van der Waals surface area contributed by atoms with Crippen molar-refractivity contribution in [2.45, 2.75) is 95.1 Å². The van der Waals surface area contributed by atoms with E-state index in [-0.39, 0.29) is 52.4 Å². The second-order valence-corrected chi connectivity index (χ2v) is 16.4. The Balaban J connectivity index is 0.000000249.